The maximum atomic E-state index is 13.4. The fraction of sp³-hybridized carbons (Fsp3) is 0.167. The average Bonchev–Trinajstić information content (AvgIpc) is 2.54. The molecule has 0 aliphatic rings. The third kappa shape index (κ3) is 5.04. The Morgan fingerprint density at radius 1 is 1.13 bits per heavy atom. The van der Waals surface area contributed by atoms with Crippen LogP contribution in [0, 0.1) is 17.7 Å². The van der Waals surface area contributed by atoms with E-state index in [2.05, 4.69) is 22.5 Å². The number of benzene rings is 2. The highest BCUT2D eigenvalue weighted by Gasteiger charge is 2.04. The Labute approximate surface area is 135 Å². The molecular weight excluding hydrogens is 293 g/mol. The second kappa shape index (κ2) is 7.85. The summed E-state index contributed by atoms with van der Waals surface area (Å²) in [4.78, 5) is 13.6. The molecule has 2 amide bonds. The second-order valence-corrected chi connectivity index (χ2v) is 5.03. The molecule has 4 nitrogen and oxygen atoms in total. The van der Waals surface area contributed by atoms with E-state index in [0.717, 1.165) is 11.3 Å². The summed E-state index contributed by atoms with van der Waals surface area (Å²) in [6.07, 6.45) is 0. The van der Waals surface area contributed by atoms with E-state index >= 15 is 0 Å². The van der Waals surface area contributed by atoms with Crippen LogP contribution in [0.1, 0.15) is 5.56 Å². The Morgan fingerprint density at radius 3 is 2.48 bits per heavy atom. The van der Waals surface area contributed by atoms with E-state index in [1.54, 1.807) is 12.1 Å². The molecule has 0 unspecified atom stereocenters. The third-order valence-electron chi connectivity index (χ3n) is 3.08. The van der Waals surface area contributed by atoms with Crippen LogP contribution in [0.25, 0.3) is 0 Å². The number of carbonyl (C=O) groups excluding carboxylic acids is 1. The fourth-order valence-corrected chi connectivity index (χ4v) is 1.84. The quantitative estimate of drug-likeness (QED) is 0.856. The van der Waals surface area contributed by atoms with E-state index in [4.69, 9.17) is 0 Å². The molecule has 0 fully saturated rings. The number of anilines is 2. The number of hydrogen-bond donors (Lipinski definition) is 2. The number of hydrogen-bond acceptors (Lipinski definition) is 2. The zero-order valence-electron chi connectivity index (χ0n) is 13.1. The topological polar surface area (TPSA) is 44.4 Å². The molecule has 0 saturated heterocycles. The molecule has 2 N–H and O–H groups in total. The van der Waals surface area contributed by atoms with Crippen molar-refractivity contribution >= 4 is 17.4 Å². The Morgan fingerprint density at radius 2 is 1.83 bits per heavy atom. The minimum absolute atomic E-state index is 0.136. The summed E-state index contributed by atoms with van der Waals surface area (Å²) in [5.74, 6) is 5.33. The van der Waals surface area contributed by atoms with E-state index in [1.165, 1.54) is 12.1 Å². The van der Waals surface area contributed by atoms with E-state index in [9.17, 15) is 9.18 Å². The summed E-state index contributed by atoms with van der Waals surface area (Å²) in [6.45, 7) is 0.176. The van der Waals surface area contributed by atoms with Gasteiger partial charge in [0.25, 0.3) is 0 Å². The first-order valence-corrected chi connectivity index (χ1v) is 7.12. The molecule has 23 heavy (non-hydrogen) atoms. The molecule has 0 aromatic heterocycles. The van der Waals surface area contributed by atoms with Crippen LogP contribution in [-0.2, 0) is 0 Å². The molecule has 0 radical (unpaired) electrons. The summed E-state index contributed by atoms with van der Waals surface area (Å²) < 4.78 is 13.4. The summed E-state index contributed by atoms with van der Waals surface area (Å²) in [7, 11) is 3.94. The largest absolute Gasteiger partial charge is 0.378 e. The molecule has 118 valence electrons. The van der Waals surface area contributed by atoms with Gasteiger partial charge >= 0.3 is 6.03 Å². The van der Waals surface area contributed by atoms with Crippen molar-refractivity contribution in [3.63, 3.8) is 0 Å². The van der Waals surface area contributed by atoms with Gasteiger partial charge in [0, 0.05) is 25.3 Å². The Hall–Kier alpha value is -3.00. The minimum Gasteiger partial charge on any atom is -0.378 e. The van der Waals surface area contributed by atoms with Gasteiger partial charge in [-0.2, -0.15) is 0 Å². The van der Waals surface area contributed by atoms with Crippen molar-refractivity contribution in [2.24, 2.45) is 0 Å². The van der Waals surface area contributed by atoms with Crippen LogP contribution in [-0.4, -0.2) is 26.7 Å². The van der Waals surface area contributed by atoms with Crippen molar-refractivity contribution in [3.05, 3.63) is 59.9 Å². The molecule has 0 aliphatic heterocycles. The molecular formula is C18H18FN3O. The number of para-hydroxylation sites is 1. The molecule has 0 saturated carbocycles. The highest BCUT2D eigenvalue weighted by atomic mass is 19.1. The normalized spacial score (nSPS) is 9.52. The highest BCUT2D eigenvalue weighted by molar-refractivity contribution is 5.89. The van der Waals surface area contributed by atoms with Gasteiger partial charge in [0.2, 0.25) is 0 Å². The standard InChI is InChI=1S/C18H18FN3O/c1-22(2)15-11-9-14(10-12-15)6-5-13-20-18(23)21-17-8-4-3-7-16(17)19/h3-4,7-12H,13H2,1-2H3,(H2,20,21,23). The molecule has 2 rings (SSSR count). The lowest BCUT2D eigenvalue weighted by atomic mass is 10.2. The summed E-state index contributed by atoms with van der Waals surface area (Å²) in [6, 6.07) is 13.3. The Kier molecular flexibility index (Phi) is 5.59. The van der Waals surface area contributed by atoms with Crippen LogP contribution in [0.4, 0.5) is 20.6 Å². The van der Waals surface area contributed by atoms with E-state index < -0.39 is 11.8 Å². The molecule has 0 bridgehead atoms. The number of rotatable bonds is 3. The van der Waals surface area contributed by atoms with Gasteiger partial charge in [-0.05, 0) is 36.4 Å². The first-order valence-electron chi connectivity index (χ1n) is 7.12. The number of carbonyl (C=O) groups is 1. The number of nitrogens with one attached hydrogen (secondary N) is 2. The number of halogens is 1. The molecule has 0 spiro atoms. The maximum absolute atomic E-state index is 13.4. The Balaban J connectivity index is 1.83. The summed E-state index contributed by atoms with van der Waals surface area (Å²) in [5.41, 5.74) is 2.10. The van der Waals surface area contributed by atoms with Gasteiger partial charge in [-0.3, -0.25) is 0 Å². The van der Waals surface area contributed by atoms with E-state index in [0.29, 0.717) is 0 Å². The third-order valence-corrected chi connectivity index (χ3v) is 3.08. The smallest absolute Gasteiger partial charge is 0.320 e. The number of urea groups is 1. The second-order valence-electron chi connectivity index (χ2n) is 5.03. The number of nitrogens with zero attached hydrogens (tertiary/aromatic N) is 1. The van der Waals surface area contributed by atoms with Crippen molar-refractivity contribution in [1.82, 2.24) is 5.32 Å². The predicted octanol–water partition coefficient (Wildman–Crippen LogP) is 3.06. The van der Waals surface area contributed by atoms with Crippen LogP contribution >= 0.6 is 0 Å². The van der Waals surface area contributed by atoms with Crippen LogP contribution in [0.5, 0.6) is 0 Å². The molecule has 2 aromatic carbocycles. The van der Waals surface area contributed by atoms with Crippen LogP contribution < -0.4 is 15.5 Å². The van der Waals surface area contributed by atoms with Crippen molar-refractivity contribution in [1.29, 1.82) is 0 Å². The average molecular weight is 311 g/mol. The van der Waals surface area contributed by atoms with Crippen molar-refractivity contribution in [3.8, 4) is 11.8 Å². The van der Waals surface area contributed by atoms with Crippen LogP contribution in [0.3, 0.4) is 0 Å². The monoisotopic (exact) mass is 311 g/mol. The van der Waals surface area contributed by atoms with Gasteiger partial charge in [-0.15, -0.1) is 0 Å². The van der Waals surface area contributed by atoms with Crippen molar-refractivity contribution < 1.29 is 9.18 Å². The van der Waals surface area contributed by atoms with Crippen LogP contribution in [0.15, 0.2) is 48.5 Å². The molecule has 0 aliphatic carbocycles. The van der Waals surface area contributed by atoms with E-state index in [-0.39, 0.29) is 12.2 Å². The van der Waals surface area contributed by atoms with Crippen molar-refractivity contribution in [2.75, 3.05) is 30.9 Å². The van der Waals surface area contributed by atoms with Gasteiger partial charge in [0.15, 0.2) is 0 Å². The lowest BCUT2D eigenvalue weighted by Crippen LogP contribution is -2.29. The van der Waals surface area contributed by atoms with Gasteiger partial charge in [0.05, 0.1) is 12.2 Å². The zero-order chi connectivity index (χ0) is 16.7. The van der Waals surface area contributed by atoms with Gasteiger partial charge in [-0.25, -0.2) is 9.18 Å². The van der Waals surface area contributed by atoms with Crippen molar-refractivity contribution in [2.45, 2.75) is 0 Å². The van der Waals surface area contributed by atoms with Gasteiger partial charge in [0.1, 0.15) is 5.82 Å². The lowest BCUT2D eigenvalue weighted by Gasteiger charge is -2.11. The Bertz CT molecular complexity index is 730. The van der Waals surface area contributed by atoms with Gasteiger partial charge in [-0.1, -0.05) is 24.0 Å². The highest BCUT2D eigenvalue weighted by Crippen LogP contribution is 2.12. The maximum Gasteiger partial charge on any atom is 0.320 e. The first kappa shape index (κ1) is 16.4. The predicted molar refractivity (Wildman–Crippen MR) is 91.1 cm³/mol. The minimum atomic E-state index is -0.493. The SMILES string of the molecule is CN(C)c1ccc(C#CCNC(=O)Nc2ccccc2F)cc1. The zero-order valence-corrected chi connectivity index (χ0v) is 13.1. The van der Waals surface area contributed by atoms with Crippen LogP contribution in [0.2, 0.25) is 0 Å². The first-order chi connectivity index (χ1) is 11.1. The van der Waals surface area contributed by atoms with E-state index in [1.807, 2.05) is 43.3 Å². The number of amides is 2. The summed E-state index contributed by atoms with van der Waals surface area (Å²) in [5, 5.41) is 4.99. The van der Waals surface area contributed by atoms with Gasteiger partial charge < -0.3 is 15.5 Å². The molecule has 5 heteroatoms. The summed E-state index contributed by atoms with van der Waals surface area (Å²) >= 11 is 0. The lowest BCUT2D eigenvalue weighted by molar-refractivity contribution is 0.253. The molecule has 0 atom stereocenters. The fourth-order valence-electron chi connectivity index (χ4n) is 1.84. The molecule has 0 heterocycles. The molecule has 2 aromatic rings.